The van der Waals surface area contributed by atoms with Crippen LogP contribution in [-0.2, 0) is 4.74 Å². The van der Waals surface area contributed by atoms with Crippen LogP contribution < -0.4 is 0 Å². The van der Waals surface area contributed by atoms with Crippen molar-refractivity contribution in [1.82, 2.24) is 19.9 Å². The van der Waals surface area contributed by atoms with Crippen LogP contribution in [0.3, 0.4) is 0 Å². The quantitative estimate of drug-likeness (QED) is 0.712. The zero-order chi connectivity index (χ0) is 18.1. The average molecular weight is 348 g/mol. The number of aromatic nitrogens is 3. The van der Waals surface area contributed by atoms with Crippen molar-refractivity contribution in [3.8, 4) is 0 Å². The molecule has 6 heteroatoms. The van der Waals surface area contributed by atoms with Crippen LogP contribution in [0.5, 0.6) is 0 Å². The Morgan fingerprint density at radius 3 is 2.77 bits per heavy atom. The first-order valence-electron chi connectivity index (χ1n) is 8.68. The second-order valence-electron chi connectivity index (χ2n) is 6.50. The zero-order valence-corrected chi connectivity index (χ0v) is 14.8. The Balaban J connectivity index is 1.62. The Morgan fingerprint density at radius 1 is 1.15 bits per heavy atom. The minimum atomic E-state index is -0.306. The van der Waals surface area contributed by atoms with E-state index in [2.05, 4.69) is 15.0 Å². The molecule has 1 atom stereocenters. The lowest BCUT2D eigenvalue weighted by Gasteiger charge is -2.32. The molecule has 1 saturated heterocycles. The zero-order valence-electron chi connectivity index (χ0n) is 14.8. The molecule has 4 rings (SSSR count). The normalized spacial score (nSPS) is 17.5. The van der Waals surface area contributed by atoms with Gasteiger partial charge in [-0.15, -0.1) is 0 Å². The van der Waals surface area contributed by atoms with Crippen LogP contribution in [0.15, 0.2) is 42.6 Å². The van der Waals surface area contributed by atoms with Crippen LogP contribution in [0.25, 0.3) is 10.9 Å². The summed E-state index contributed by atoms with van der Waals surface area (Å²) in [7, 11) is 0. The number of carbonyl (C=O) groups is 1. The molecule has 132 valence electrons. The van der Waals surface area contributed by atoms with Gasteiger partial charge in [0.15, 0.2) is 5.82 Å². The van der Waals surface area contributed by atoms with Gasteiger partial charge in [-0.05, 0) is 38.1 Å². The molecule has 1 unspecified atom stereocenters. The molecule has 2 aromatic heterocycles. The maximum atomic E-state index is 13.1. The van der Waals surface area contributed by atoms with Crippen molar-refractivity contribution in [1.29, 1.82) is 0 Å². The lowest BCUT2D eigenvalue weighted by Crippen LogP contribution is -2.42. The van der Waals surface area contributed by atoms with Crippen LogP contribution >= 0.6 is 0 Å². The number of fused-ring (bicyclic) bond motifs is 1. The first kappa shape index (κ1) is 16.6. The van der Waals surface area contributed by atoms with Crippen molar-refractivity contribution in [3.63, 3.8) is 0 Å². The fourth-order valence-electron chi connectivity index (χ4n) is 3.35. The fraction of sp³-hybridized carbons (Fsp3) is 0.300. The molecule has 3 aromatic rings. The molecule has 0 radical (unpaired) electrons. The molecule has 1 fully saturated rings. The highest BCUT2D eigenvalue weighted by Gasteiger charge is 2.28. The molecule has 1 aromatic carbocycles. The van der Waals surface area contributed by atoms with E-state index in [9.17, 15) is 4.79 Å². The second-order valence-corrected chi connectivity index (χ2v) is 6.50. The third kappa shape index (κ3) is 3.15. The van der Waals surface area contributed by atoms with Crippen molar-refractivity contribution < 1.29 is 9.53 Å². The molecule has 1 amide bonds. The molecular weight excluding hydrogens is 328 g/mol. The van der Waals surface area contributed by atoms with Gasteiger partial charge in [0.1, 0.15) is 6.10 Å². The van der Waals surface area contributed by atoms with Crippen molar-refractivity contribution in [2.75, 3.05) is 19.7 Å². The van der Waals surface area contributed by atoms with E-state index in [4.69, 9.17) is 4.74 Å². The van der Waals surface area contributed by atoms with Gasteiger partial charge in [0, 0.05) is 35.1 Å². The van der Waals surface area contributed by atoms with E-state index in [-0.39, 0.29) is 12.0 Å². The number of pyridine rings is 1. The van der Waals surface area contributed by atoms with E-state index in [0.717, 1.165) is 22.3 Å². The smallest absolute Gasteiger partial charge is 0.254 e. The minimum Gasteiger partial charge on any atom is -0.367 e. The molecular formula is C20H20N4O2. The van der Waals surface area contributed by atoms with Gasteiger partial charge in [-0.2, -0.15) is 0 Å². The number of hydrogen-bond donors (Lipinski definition) is 0. The number of amides is 1. The van der Waals surface area contributed by atoms with Gasteiger partial charge in [0.05, 0.1) is 18.7 Å². The Hall–Kier alpha value is -2.86. The highest BCUT2D eigenvalue weighted by molar-refractivity contribution is 6.06. The third-order valence-corrected chi connectivity index (χ3v) is 4.52. The second kappa shape index (κ2) is 6.80. The number of benzene rings is 1. The van der Waals surface area contributed by atoms with E-state index < -0.39 is 0 Å². The summed E-state index contributed by atoms with van der Waals surface area (Å²) >= 11 is 0. The van der Waals surface area contributed by atoms with Crippen LogP contribution in [0.1, 0.15) is 33.7 Å². The summed E-state index contributed by atoms with van der Waals surface area (Å²) in [6.07, 6.45) is 1.43. The molecule has 0 aliphatic carbocycles. The van der Waals surface area contributed by atoms with Crippen molar-refractivity contribution >= 4 is 16.8 Å². The minimum absolute atomic E-state index is 0.0127. The highest BCUT2D eigenvalue weighted by atomic mass is 16.5. The van der Waals surface area contributed by atoms with Crippen LogP contribution in [0, 0.1) is 13.8 Å². The van der Waals surface area contributed by atoms with Crippen LogP contribution in [-0.4, -0.2) is 45.5 Å². The Kier molecular flexibility index (Phi) is 4.34. The van der Waals surface area contributed by atoms with E-state index in [1.807, 2.05) is 55.1 Å². The van der Waals surface area contributed by atoms with Crippen LogP contribution in [0.4, 0.5) is 0 Å². The summed E-state index contributed by atoms with van der Waals surface area (Å²) in [6.45, 7) is 5.34. The average Bonchev–Trinajstić information content (AvgIpc) is 2.66. The topological polar surface area (TPSA) is 68.2 Å². The molecule has 26 heavy (non-hydrogen) atoms. The molecule has 1 aliphatic heterocycles. The van der Waals surface area contributed by atoms with Gasteiger partial charge in [0.2, 0.25) is 0 Å². The van der Waals surface area contributed by atoms with Gasteiger partial charge in [-0.25, -0.2) is 9.97 Å². The predicted octanol–water partition coefficient (Wildman–Crippen LogP) is 2.86. The number of carbonyl (C=O) groups excluding carboxylic acids is 1. The SMILES string of the molecule is Cc1cc(C)nc(C2CN(C(=O)c3cccc4ncccc34)CCO2)n1. The van der Waals surface area contributed by atoms with Gasteiger partial charge in [-0.3, -0.25) is 9.78 Å². The maximum absolute atomic E-state index is 13.1. The monoisotopic (exact) mass is 348 g/mol. The number of morpholine rings is 1. The number of ether oxygens (including phenoxy) is 1. The van der Waals surface area contributed by atoms with Gasteiger partial charge in [-0.1, -0.05) is 12.1 Å². The summed E-state index contributed by atoms with van der Waals surface area (Å²) in [5.74, 6) is 0.626. The number of hydrogen-bond acceptors (Lipinski definition) is 5. The van der Waals surface area contributed by atoms with E-state index >= 15 is 0 Å². The Morgan fingerprint density at radius 2 is 1.96 bits per heavy atom. The first-order chi connectivity index (χ1) is 12.6. The van der Waals surface area contributed by atoms with Gasteiger partial charge < -0.3 is 9.64 Å². The summed E-state index contributed by atoms with van der Waals surface area (Å²) < 4.78 is 5.85. The predicted molar refractivity (Wildman–Crippen MR) is 97.8 cm³/mol. The van der Waals surface area contributed by atoms with Crippen molar-refractivity contribution in [2.45, 2.75) is 20.0 Å². The van der Waals surface area contributed by atoms with Gasteiger partial charge in [0.25, 0.3) is 5.91 Å². The number of nitrogens with zero attached hydrogens (tertiary/aromatic N) is 4. The first-order valence-corrected chi connectivity index (χ1v) is 8.68. The molecule has 6 nitrogen and oxygen atoms in total. The fourth-order valence-corrected chi connectivity index (χ4v) is 3.35. The number of rotatable bonds is 2. The summed E-state index contributed by atoms with van der Waals surface area (Å²) in [5, 5.41) is 0.866. The van der Waals surface area contributed by atoms with E-state index in [1.54, 1.807) is 6.20 Å². The van der Waals surface area contributed by atoms with E-state index in [1.165, 1.54) is 0 Å². The van der Waals surface area contributed by atoms with Gasteiger partial charge >= 0.3 is 0 Å². The van der Waals surface area contributed by atoms with Crippen LogP contribution in [0.2, 0.25) is 0 Å². The Bertz CT molecular complexity index is 947. The summed E-state index contributed by atoms with van der Waals surface area (Å²) in [5.41, 5.74) is 3.29. The van der Waals surface area contributed by atoms with Crippen molar-refractivity contribution in [3.05, 3.63) is 65.4 Å². The maximum Gasteiger partial charge on any atom is 0.254 e. The highest BCUT2D eigenvalue weighted by Crippen LogP contribution is 2.24. The molecule has 0 spiro atoms. The number of aryl methyl sites for hydroxylation is 2. The van der Waals surface area contributed by atoms with E-state index in [0.29, 0.717) is 31.1 Å². The molecule has 0 bridgehead atoms. The lowest BCUT2D eigenvalue weighted by atomic mass is 10.1. The lowest BCUT2D eigenvalue weighted by molar-refractivity contribution is -0.0268. The third-order valence-electron chi connectivity index (χ3n) is 4.52. The molecule has 0 saturated carbocycles. The molecule has 1 aliphatic rings. The molecule has 3 heterocycles. The van der Waals surface area contributed by atoms with Crippen molar-refractivity contribution in [2.24, 2.45) is 0 Å². The molecule has 0 N–H and O–H groups in total. The standard InChI is InChI=1S/C20H20N4O2/c1-13-11-14(2)23-19(22-13)18-12-24(9-10-26-18)20(25)16-5-3-7-17-15(16)6-4-8-21-17/h3-8,11,18H,9-10,12H2,1-2H3. The Labute approximate surface area is 151 Å². The largest absolute Gasteiger partial charge is 0.367 e. The summed E-state index contributed by atoms with van der Waals surface area (Å²) in [6, 6.07) is 11.3. The summed E-state index contributed by atoms with van der Waals surface area (Å²) in [4.78, 5) is 28.3.